The van der Waals surface area contributed by atoms with E-state index < -0.39 is 28.9 Å². The van der Waals surface area contributed by atoms with Crippen LogP contribution in [0, 0.1) is 17.0 Å². The molecule has 1 aliphatic rings. The highest BCUT2D eigenvalue weighted by molar-refractivity contribution is 9.10. The Morgan fingerprint density at radius 3 is 2.00 bits per heavy atom. The Bertz CT molecular complexity index is 805. The molecule has 24 heavy (non-hydrogen) atoms. The Labute approximate surface area is 145 Å². The van der Waals surface area contributed by atoms with Crippen molar-refractivity contribution in [2.24, 2.45) is 5.41 Å². The zero-order valence-electron chi connectivity index (χ0n) is 12.4. The second kappa shape index (κ2) is 6.32. The fraction of sp³-hybridized carbons (Fsp3) is 0.176. The molecule has 1 fully saturated rings. The van der Waals surface area contributed by atoms with Crippen LogP contribution in [0.2, 0.25) is 0 Å². The molecule has 0 bridgehead atoms. The molecule has 2 amide bonds. The highest BCUT2D eigenvalue weighted by atomic mass is 79.9. The Kier molecular flexibility index (Phi) is 4.36. The monoisotopic (exact) mass is 394 g/mol. The Morgan fingerprint density at radius 2 is 1.46 bits per heavy atom. The lowest BCUT2D eigenvalue weighted by atomic mass is 10.0. The molecule has 0 radical (unpaired) electrons. The van der Waals surface area contributed by atoms with Crippen molar-refractivity contribution >= 4 is 39.1 Å². The van der Waals surface area contributed by atoms with Gasteiger partial charge in [-0.2, -0.15) is 0 Å². The lowest BCUT2D eigenvalue weighted by molar-refractivity contribution is -0.131. The van der Waals surface area contributed by atoms with E-state index in [9.17, 15) is 18.4 Å². The molecule has 0 aliphatic heterocycles. The first-order valence-corrected chi connectivity index (χ1v) is 8.03. The van der Waals surface area contributed by atoms with E-state index >= 15 is 0 Å². The lowest BCUT2D eigenvalue weighted by Gasteiger charge is -2.15. The first-order valence-electron chi connectivity index (χ1n) is 7.24. The summed E-state index contributed by atoms with van der Waals surface area (Å²) in [6.45, 7) is 0. The number of carbonyl (C=O) groups excluding carboxylic acids is 2. The van der Waals surface area contributed by atoms with Crippen LogP contribution in [0.15, 0.2) is 46.9 Å². The van der Waals surface area contributed by atoms with E-state index in [1.807, 2.05) is 0 Å². The van der Waals surface area contributed by atoms with E-state index in [2.05, 4.69) is 26.6 Å². The average Bonchev–Trinajstić information content (AvgIpc) is 3.35. The van der Waals surface area contributed by atoms with Crippen LogP contribution < -0.4 is 10.6 Å². The number of rotatable bonds is 4. The van der Waals surface area contributed by atoms with E-state index in [1.54, 1.807) is 6.07 Å². The van der Waals surface area contributed by atoms with Crippen molar-refractivity contribution in [1.29, 1.82) is 0 Å². The van der Waals surface area contributed by atoms with E-state index in [-0.39, 0.29) is 10.2 Å². The summed E-state index contributed by atoms with van der Waals surface area (Å²) < 4.78 is 26.7. The minimum atomic E-state index is -1.17. The molecule has 2 aromatic carbocycles. The summed E-state index contributed by atoms with van der Waals surface area (Å²) in [4.78, 5) is 24.8. The molecule has 1 saturated carbocycles. The van der Waals surface area contributed by atoms with Crippen LogP contribution in [0.1, 0.15) is 12.8 Å². The standard InChI is InChI=1S/C17H13BrF2N2O2/c18-13-6-5-12(9-14(13)20)22-16(24)17(7-8-17)15(23)21-11-3-1-10(19)2-4-11/h1-6,9H,7-8H2,(H,21,23)(H,22,24). The van der Waals surface area contributed by atoms with E-state index in [1.165, 1.54) is 36.4 Å². The van der Waals surface area contributed by atoms with Gasteiger partial charge in [0.05, 0.1) is 4.47 Å². The van der Waals surface area contributed by atoms with Crippen LogP contribution in [0.25, 0.3) is 0 Å². The van der Waals surface area contributed by atoms with Gasteiger partial charge >= 0.3 is 0 Å². The van der Waals surface area contributed by atoms with Gasteiger partial charge in [0.1, 0.15) is 17.0 Å². The first-order chi connectivity index (χ1) is 11.4. The molecule has 4 nitrogen and oxygen atoms in total. The molecule has 7 heteroatoms. The number of carbonyl (C=O) groups is 2. The molecule has 2 aromatic rings. The molecule has 0 unspecified atom stereocenters. The van der Waals surface area contributed by atoms with Crippen LogP contribution in [0.4, 0.5) is 20.2 Å². The minimum Gasteiger partial charge on any atom is -0.325 e. The molecule has 1 aliphatic carbocycles. The van der Waals surface area contributed by atoms with E-state index in [4.69, 9.17) is 0 Å². The number of benzene rings is 2. The predicted octanol–water partition coefficient (Wildman–Crippen LogP) is 4.08. The highest BCUT2D eigenvalue weighted by Crippen LogP contribution is 2.47. The average molecular weight is 395 g/mol. The second-order valence-corrected chi connectivity index (χ2v) is 6.48. The largest absolute Gasteiger partial charge is 0.325 e. The third-order valence-electron chi connectivity index (χ3n) is 3.90. The summed E-state index contributed by atoms with van der Waals surface area (Å²) >= 11 is 3.03. The first kappa shape index (κ1) is 16.6. The fourth-order valence-corrected chi connectivity index (χ4v) is 2.54. The van der Waals surface area contributed by atoms with Gasteiger partial charge in [0.2, 0.25) is 11.8 Å². The molecule has 124 valence electrons. The molecular formula is C17H13BrF2N2O2. The molecule has 0 saturated heterocycles. The zero-order valence-corrected chi connectivity index (χ0v) is 14.0. The maximum atomic E-state index is 13.5. The molecule has 0 aromatic heterocycles. The third kappa shape index (κ3) is 3.31. The third-order valence-corrected chi connectivity index (χ3v) is 4.54. The summed E-state index contributed by atoms with van der Waals surface area (Å²) in [5, 5.41) is 5.18. The molecule has 0 heterocycles. The smallest absolute Gasteiger partial charge is 0.240 e. The van der Waals surface area contributed by atoms with Gasteiger partial charge in [-0.05, 0) is 71.2 Å². The summed E-state index contributed by atoms with van der Waals surface area (Å²) in [5.41, 5.74) is -0.477. The molecule has 2 N–H and O–H groups in total. The van der Waals surface area contributed by atoms with Crippen LogP contribution in [-0.2, 0) is 9.59 Å². The van der Waals surface area contributed by atoms with Gasteiger partial charge in [0.25, 0.3) is 0 Å². The number of halogens is 3. The van der Waals surface area contributed by atoms with Gasteiger partial charge in [0.15, 0.2) is 0 Å². The van der Waals surface area contributed by atoms with Crippen LogP contribution in [0.5, 0.6) is 0 Å². The van der Waals surface area contributed by atoms with E-state index in [0.717, 1.165) is 0 Å². The summed E-state index contributed by atoms with van der Waals surface area (Å²) in [6.07, 6.45) is 0.815. The van der Waals surface area contributed by atoms with Crippen molar-refractivity contribution in [3.63, 3.8) is 0 Å². The Hall–Kier alpha value is -2.28. The number of hydrogen-bond acceptors (Lipinski definition) is 2. The summed E-state index contributed by atoms with van der Waals surface area (Å²) in [7, 11) is 0. The van der Waals surface area contributed by atoms with Gasteiger partial charge in [-0.15, -0.1) is 0 Å². The molecular weight excluding hydrogens is 382 g/mol. The normalized spacial score (nSPS) is 14.8. The van der Waals surface area contributed by atoms with Crippen LogP contribution >= 0.6 is 15.9 Å². The maximum absolute atomic E-state index is 13.5. The fourth-order valence-electron chi connectivity index (χ4n) is 2.29. The van der Waals surface area contributed by atoms with Crippen LogP contribution in [0.3, 0.4) is 0 Å². The van der Waals surface area contributed by atoms with Gasteiger partial charge in [0, 0.05) is 11.4 Å². The number of hydrogen-bond donors (Lipinski definition) is 2. The van der Waals surface area contributed by atoms with Gasteiger partial charge in [-0.3, -0.25) is 9.59 Å². The van der Waals surface area contributed by atoms with E-state index in [0.29, 0.717) is 18.5 Å². The SMILES string of the molecule is O=C(Nc1ccc(F)cc1)C1(C(=O)Nc2ccc(Br)c(F)c2)CC1. The van der Waals surface area contributed by atoms with Crippen LogP contribution in [-0.4, -0.2) is 11.8 Å². The number of nitrogens with one attached hydrogen (secondary N) is 2. The van der Waals surface area contributed by atoms with Crippen molar-refractivity contribution in [2.75, 3.05) is 10.6 Å². The van der Waals surface area contributed by atoms with Gasteiger partial charge in [-0.25, -0.2) is 8.78 Å². The predicted molar refractivity (Wildman–Crippen MR) is 89.4 cm³/mol. The molecule has 3 rings (SSSR count). The van der Waals surface area contributed by atoms with Gasteiger partial charge < -0.3 is 10.6 Å². The van der Waals surface area contributed by atoms with Crippen molar-refractivity contribution in [1.82, 2.24) is 0 Å². The lowest BCUT2D eigenvalue weighted by Crippen LogP contribution is -2.35. The topological polar surface area (TPSA) is 58.2 Å². The Balaban J connectivity index is 1.70. The molecule has 0 atom stereocenters. The maximum Gasteiger partial charge on any atom is 0.240 e. The quantitative estimate of drug-likeness (QED) is 0.767. The summed E-state index contributed by atoms with van der Waals surface area (Å²) in [6, 6.07) is 9.48. The van der Waals surface area contributed by atoms with Crippen molar-refractivity contribution in [3.05, 3.63) is 58.6 Å². The van der Waals surface area contributed by atoms with Crippen molar-refractivity contribution in [2.45, 2.75) is 12.8 Å². The minimum absolute atomic E-state index is 0.279. The van der Waals surface area contributed by atoms with Crippen molar-refractivity contribution < 1.29 is 18.4 Å². The second-order valence-electron chi connectivity index (χ2n) is 5.63. The zero-order chi connectivity index (χ0) is 17.3. The van der Waals surface area contributed by atoms with Crippen molar-refractivity contribution in [3.8, 4) is 0 Å². The number of anilines is 2. The van der Waals surface area contributed by atoms with Gasteiger partial charge in [-0.1, -0.05) is 0 Å². The number of amides is 2. The highest BCUT2D eigenvalue weighted by Gasteiger charge is 2.56. The summed E-state index contributed by atoms with van der Waals surface area (Å²) in [5.74, 6) is -1.86. The molecule has 0 spiro atoms. The Morgan fingerprint density at radius 1 is 0.917 bits per heavy atom.